The Labute approximate surface area is 275 Å². The van der Waals surface area contributed by atoms with Crippen molar-refractivity contribution < 1.29 is 19.8 Å². The molecule has 0 unspecified atom stereocenters. The zero-order chi connectivity index (χ0) is 32.6. The number of hydrogen-bond donors (Lipinski definition) is 2. The Morgan fingerprint density at radius 3 is 0.955 bits per heavy atom. The second-order valence-corrected chi connectivity index (χ2v) is 12.9. The zero-order valence-electron chi connectivity index (χ0n) is 29.6. The quantitative estimate of drug-likeness (QED) is 0.0426. The Balaban J connectivity index is 0. The zero-order valence-corrected chi connectivity index (χ0v) is 29.6. The normalized spacial score (nSPS) is 11.3. The van der Waals surface area contributed by atoms with Gasteiger partial charge in [0.2, 0.25) is 0 Å². The van der Waals surface area contributed by atoms with E-state index in [4.69, 9.17) is 10.2 Å². The van der Waals surface area contributed by atoms with Crippen molar-refractivity contribution in [3.8, 4) is 0 Å². The van der Waals surface area contributed by atoms with Gasteiger partial charge in [-0.15, -0.1) is 0 Å². The fraction of sp³-hybridized carbons (Fsp3) is 0.850. The molecule has 0 rings (SSSR count). The summed E-state index contributed by atoms with van der Waals surface area (Å²) in [4.78, 5) is 20.6. The predicted octanol–water partition coefficient (Wildman–Crippen LogP) is 13.8. The summed E-state index contributed by atoms with van der Waals surface area (Å²) in [5.41, 5.74) is 0. The first-order valence-electron chi connectivity index (χ1n) is 19.3. The van der Waals surface area contributed by atoms with Crippen LogP contribution < -0.4 is 0 Å². The first kappa shape index (κ1) is 44.5. The summed E-state index contributed by atoms with van der Waals surface area (Å²) < 4.78 is 0. The Morgan fingerprint density at radius 1 is 0.386 bits per heavy atom. The first-order valence-corrected chi connectivity index (χ1v) is 19.3. The van der Waals surface area contributed by atoms with Gasteiger partial charge in [-0.3, -0.25) is 4.79 Å². The van der Waals surface area contributed by atoms with Gasteiger partial charge in [-0.25, -0.2) is 4.79 Å². The number of carboxylic acid groups (broad SMARTS) is 2. The molecule has 44 heavy (non-hydrogen) atoms. The first-order chi connectivity index (χ1) is 21.5. The molecule has 0 spiro atoms. The summed E-state index contributed by atoms with van der Waals surface area (Å²) in [5.74, 6) is -1.49. The molecule has 0 heterocycles. The van der Waals surface area contributed by atoms with Crippen molar-refractivity contribution in [1.82, 2.24) is 0 Å². The van der Waals surface area contributed by atoms with Gasteiger partial charge >= 0.3 is 11.9 Å². The lowest BCUT2D eigenvalue weighted by atomic mass is 10.0. The van der Waals surface area contributed by atoms with Crippen molar-refractivity contribution in [2.24, 2.45) is 0 Å². The molecule has 0 fully saturated rings. The lowest BCUT2D eigenvalue weighted by molar-refractivity contribution is -0.137. The highest BCUT2D eigenvalue weighted by atomic mass is 16.4. The standard InChI is InChI=1S/2C20H38O2/c2*1-2-3-4-5-6-7-8-9-10-11-12-13-14-15-16-17-18-19-20(21)22/h18-19H,2-17H2,1H3,(H,21,22);9-10H,2-8,11-19H2,1H3,(H,21,22)/b;10-9-. The molecule has 4 heteroatoms. The molecule has 0 bridgehead atoms. The van der Waals surface area contributed by atoms with E-state index >= 15 is 0 Å². The van der Waals surface area contributed by atoms with E-state index in [9.17, 15) is 9.59 Å². The van der Waals surface area contributed by atoms with E-state index in [1.54, 1.807) is 6.08 Å². The lowest BCUT2D eigenvalue weighted by Gasteiger charge is -2.03. The molecular formula is C40H76O4. The molecule has 260 valence electrons. The molecule has 0 saturated heterocycles. The molecule has 0 saturated carbocycles. The van der Waals surface area contributed by atoms with Crippen LogP contribution in [0.25, 0.3) is 0 Å². The topological polar surface area (TPSA) is 74.6 Å². The summed E-state index contributed by atoms with van der Waals surface area (Å²) in [7, 11) is 0. The van der Waals surface area contributed by atoms with Crippen LogP contribution in [0.4, 0.5) is 0 Å². The van der Waals surface area contributed by atoms with Gasteiger partial charge in [-0.2, -0.15) is 0 Å². The minimum absolute atomic E-state index is 0.337. The fourth-order valence-corrected chi connectivity index (χ4v) is 5.52. The van der Waals surface area contributed by atoms with Crippen molar-refractivity contribution in [2.45, 2.75) is 219 Å². The van der Waals surface area contributed by atoms with Crippen LogP contribution in [-0.2, 0) is 9.59 Å². The molecule has 0 amide bonds. The fourth-order valence-electron chi connectivity index (χ4n) is 5.52. The Morgan fingerprint density at radius 2 is 0.659 bits per heavy atom. The second kappa shape index (κ2) is 41.4. The molecule has 0 aromatic heterocycles. The molecule has 0 atom stereocenters. The number of unbranched alkanes of at least 4 members (excludes halogenated alkanes) is 28. The Hall–Kier alpha value is -1.58. The number of rotatable bonds is 34. The molecule has 0 radical (unpaired) electrons. The summed E-state index contributed by atoms with van der Waals surface area (Å²) in [6.07, 6.45) is 48.7. The number of allylic oxidation sites excluding steroid dienone is 3. The van der Waals surface area contributed by atoms with Crippen LogP contribution in [0.3, 0.4) is 0 Å². The third-order valence-corrected chi connectivity index (χ3v) is 8.39. The maximum absolute atomic E-state index is 10.4. The molecule has 2 N–H and O–H groups in total. The van der Waals surface area contributed by atoms with Crippen LogP contribution in [0.2, 0.25) is 0 Å². The maximum atomic E-state index is 10.4. The predicted molar refractivity (Wildman–Crippen MR) is 193 cm³/mol. The number of hydrogen-bond acceptors (Lipinski definition) is 2. The van der Waals surface area contributed by atoms with Crippen LogP contribution in [0, 0.1) is 0 Å². The van der Waals surface area contributed by atoms with Gasteiger partial charge < -0.3 is 10.2 Å². The van der Waals surface area contributed by atoms with E-state index in [-0.39, 0.29) is 0 Å². The van der Waals surface area contributed by atoms with Crippen LogP contribution in [0.5, 0.6) is 0 Å². The molecule has 0 aliphatic rings. The van der Waals surface area contributed by atoms with Gasteiger partial charge in [0.1, 0.15) is 0 Å². The average molecular weight is 621 g/mol. The van der Waals surface area contributed by atoms with E-state index in [0.717, 1.165) is 25.7 Å². The van der Waals surface area contributed by atoms with E-state index in [1.165, 1.54) is 179 Å². The van der Waals surface area contributed by atoms with E-state index in [0.29, 0.717) is 6.42 Å². The molecule has 0 aliphatic heterocycles. The highest BCUT2D eigenvalue weighted by molar-refractivity contribution is 5.79. The minimum Gasteiger partial charge on any atom is -0.481 e. The van der Waals surface area contributed by atoms with Crippen molar-refractivity contribution in [3.05, 3.63) is 24.3 Å². The number of carboxylic acids is 2. The van der Waals surface area contributed by atoms with Crippen molar-refractivity contribution in [1.29, 1.82) is 0 Å². The summed E-state index contributed by atoms with van der Waals surface area (Å²) in [6.45, 7) is 4.54. The SMILES string of the molecule is CCCCCCCC/C=C\CCCCCCCCCC(=O)O.CCCCCCCCCCCCCCCCCC=CC(=O)O. The summed E-state index contributed by atoms with van der Waals surface area (Å²) in [5, 5.41) is 17.0. The number of carbonyl (C=O) groups is 2. The van der Waals surface area contributed by atoms with E-state index < -0.39 is 11.9 Å². The largest absolute Gasteiger partial charge is 0.481 e. The molecule has 0 aromatic rings. The molecule has 0 aliphatic carbocycles. The molecular weight excluding hydrogens is 544 g/mol. The average Bonchev–Trinajstić information content (AvgIpc) is 3.00. The molecule has 0 aromatic carbocycles. The smallest absolute Gasteiger partial charge is 0.327 e. The summed E-state index contributed by atoms with van der Waals surface area (Å²) >= 11 is 0. The number of aliphatic carboxylic acids is 2. The van der Waals surface area contributed by atoms with Crippen LogP contribution in [-0.4, -0.2) is 22.2 Å². The van der Waals surface area contributed by atoms with E-state index in [2.05, 4.69) is 26.0 Å². The Kier molecular flexibility index (Phi) is 41.9. The van der Waals surface area contributed by atoms with Crippen LogP contribution >= 0.6 is 0 Å². The molecule has 4 nitrogen and oxygen atoms in total. The lowest BCUT2D eigenvalue weighted by Crippen LogP contribution is -1.93. The van der Waals surface area contributed by atoms with Gasteiger partial charge in [-0.1, -0.05) is 186 Å². The second-order valence-electron chi connectivity index (χ2n) is 12.9. The van der Waals surface area contributed by atoms with Gasteiger partial charge in [0, 0.05) is 12.5 Å². The monoisotopic (exact) mass is 621 g/mol. The van der Waals surface area contributed by atoms with Crippen LogP contribution in [0.1, 0.15) is 219 Å². The van der Waals surface area contributed by atoms with Crippen molar-refractivity contribution in [2.75, 3.05) is 0 Å². The van der Waals surface area contributed by atoms with Gasteiger partial charge in [0.15, 0.2) is 0 Å². The van der Waals surface area contributed by atoms with Crippen LogP contribution in [0.15, 0.2) is 24.3 Å². The highest BCUT2D eigenvalue weighted by Crippen LogP contribution is 2.14. The van der Waals surface area contributed by atoms with Gasteiger partial charge in [0.05, 0.1) is 0 Å². The highest BCUT2D eigenvalue weighted by Gasteiger charge is 1.97. The van der Waals surface area contributed by atoms with Gasteiger partial charge in [0.25, 0.3) is 0 Å². The summed E-state index contributed by atoms with van der Waals surface area (Å²) in [6, 6.07) is 0. The van der Waals surface area contributed by atoms with Crippen molar-refractivity contribution in [3.63, 3.8) is 0 Å². The minimum atomic E-state index is -0.832. The van der Waals surface area contributed by atoms with Gasteiger partial charge in [-0.05, 0) is 44.9 Å². The Bertz CT molecular complexity index is 625. The maximum Gasteiger partial charge on any atom is 0.327 e. The van der Waals surface area contributed by atoms with E-state index in [1.807, 2.05) is 0 Å². The third kappa shape index (κ3) is 47.4. The van der Waals surface area contributed by atoms with Crippen molar-refractivity contribution >= 4 is 11.9 Å². The third-order valence-electron chi connectivity index (χ3n) is 8.39.